The molecule has 0 aliphatic heterocycles. The molecular weight excluding hydrogens is 262 g/mol. The fraction of sp³-hybridized carbons (Fsp3) is 0.143. The van der Waals surface area contributed by atoms with Gasteiger partial charge in [0.1, 0.15) is 12.4 Å². The Balaban J connectivity index is 2.08. The lowest BCUT2D eigenvalue weighted by Gasteiger charge is -2.10. The van der Waals surface area contributed by atoms with Gasteiger partial charge in [0.25, 0.3) is 0 Å². The molecule has 0 heterocycles. The van der Waals surface area contributed by atoms with Crippen LogP contribution in [-0.2, 0) is 6.61 Å². The first-order valence-electron chi connectivity index (χ1n) is 5.90. The molecule has 98 valence electrons. The van der Waals surface area contributed by atoms with E-state index < -0.39 is 7.12 Å². The summed E-state index contributed by atoms with van der Waals surface area (Å²) in [6, 6.07) is 12.4. The summed E-state index contributed by atoms with van der Waals surface area (Å²) in [6.07, 6.45) is 0. The highest BCUT2D eigenvalue weighted by atomic mass is 35.5. The van der Waals surface area contributed by atoms with Gasteiger partial charge in [-0.05, 0) is 41.7 Å². The normalized spacial score (nSPS) is 10.3. The third-order valence-electron chi connectivity index (χ3n) is 2.78. The number of aryl methyl sites for hydroxylation is 1. The van der Waals surface area contributed by atoms with Crippen molar-refractivity contribution in [2.24, 2.45) is 0 Å². The largest absolute Gasteiger partial charge is 0.489 e. The zero-order valence-corrected chi connectivity index (χ0v) is 11.3. The number of ether oxygens (including phenoxy) is 1. The summed E-state index contributed by atoms with van der Waals surface area (Å²) in [4.78, 5) is 0. The van der Waals surface area contributed by atoms with Crippen molar-refractivity contribution in [1.82, 2.24) is 0 Å². The van der Waals surface area contributed by atoms with E-state index in [1.165, 1.54) is 0 Å². The Morgan fingerprint density at radius 2 is 1.95 bits per heavy atom. The van der Waals surface area contributed by atoms with Gasteiger partial charge in [0.2, 0.25) is 0 Å². The van der Waals surface area contributed by atoms with Crippen LogP contribution in [0.1, 0.15) is 11.1 Å². The van der Waals surface area contributed by atoms with E-state index in [9.17, 15) is 0 Å². The van der Waals surface area contributed by atoms with Gasteiger partial charge in [-0.1, -0.05) is 35.9 Å². The summed E-state index contributed by atoms with van der Waals surface area (Å²) >= 11 is 5.88. The molecule has 0 aliphatic rings. The van der Waals surface area contributed by atoms with E-state index in [4.69, 9.17) is 26.4 Å². The molecule has 3 nitrogen and oxygen atoms in total. The Hall–Kier alpha value is -1.49. The number of hydrogen-bond acceptors (Lipinski definition) is 3. The van der Waals surface area contributed by atoms with E-state index >= 15 is 0 Å². The van der Waals surface area contributed by atoms with Gasteiger partial charge in [-0.25, -0.2) is 0 Å². The molecule has 5 heteroatoms. The molecule has 2 aromatic rings. The Kier molecular flexibility index (Phi) is 4.48. The van der Waals surface area contributed by atoms with Gasteiger partial charge in [0.15, 0.2) is 0 Å². The lowest BCUT2D eigenvalue weighted by Crippen LogP contribution is -2.29. The minimum atomic E-state index is -1.46. The standard InChI is InChI=1S/C14H14BClO3/c1-10-7-13(16)5-6-14(10)19-9-11-3-2-4-12(8-11)15(17)18/h2-8,17-18H,9H2,1H3. The van der Waals surface area contributed by atoms with E-state index in [1.54, 1.807) is 24.3 Å². The zero-order chi connectivity index (χ0) is 13.8. The minimum Gasteiger partial charge on any atom is -0.489 e. The molecule has 2 aromatic carbocycles. The third-order valence-corrected chi connectivity index (χ3v) is 3.02. The Bertz CT molecular complexity index is 572. The first-order valence-corrected chi connectivity index (χ1v) is 6.28. The summed E-state index contributed by atoms with van der Waals surface area (Å²) in [7, 11) is -1.46. The van der Waals surface area contributed by atoms with Crippen molar-refractivity contribution in [2.75, 3.05) is 0 Å². The predicted molar refractivity (Wildman–Crippen MR) is 76.8 cm³/mol. The molecular formula is C14H14BClO3. The molecule has 0 saturated carbocycles. The summed E-state index contributed by atoms with van der Waals surface area (Å²) in [5.41, 5.74) is 2.29. The van der Waals surface area contributed by atoms with Crippen LogP contribution in [0.2, 0.25) is 5.02 Å². The van der Waals surface area contributed by atoms with Crippen LogP contribution in [0.25, 0.3) is 0 Å². The quantitative estimate of drug-likeness (QED) is 0.839. The number of halogens is 1. The van der Waals surface area contributed by atoms with E-state index in [-0.39, 0.29) is 0 Å². The molecule has 0 radical (unpaired) electrons. The fourth-order valence-corrected chi connectivity index (χ4v) is 2.01. The molecule has 0 unspecified atom stereocenters. The second-order valence-corrected chi connectivity index (χ2v) is 4.75. The second-order valence-electron chi connectivity index (χ2n) is 4.32. The third kappa shape index (κ3) is 3.74. The molecule has 0 aliphatic carbocycles. The average Bonchev–Trinajstić information content (AvgIpc) is 2.38. The summed E-state index contributed by atoms with van der Waals surface area (Å²) < 4.78 is 5.69. The van der Waals surface area contributed by atoms with Crippen molar-refractivity contribution >= 4 is 24.2 Å². The van der Waals surface area contributed by atoms with Crippen LogP contribution in [0.5, 0.6) is 5.75 Å². The second kappa shape index (κ2) is 6.11. The van der Waals surface area contributed by atoms with Crippen LogP contribution in [0.4, 0.5) is 0 Å². The van der Waals surface area contributed by atoms with Crippen molar-refractivity contribution in [3.8, 4) is 5.75 Å². The Labute approximate surface area is 117 Å². The molecule has 0 amide bonds. The first-order chi connectivity index (χ1) is 9.06. The van der Waals surface area contributed by atoms with E-state index in [1.807, 2.05) is 25.1 Å². The number of benzene rings is 2. The SMILES string of the molecule is Cc1cc(Cl)ccc1OCc1cccc(B(O)O)c1. The predicted octanol–water partition coefficient (Wildman–Crippen LogP) is 1.91. The molecule has 2 N–H and O–H groups in total. The summed E-state index contributed by atoms with van der Waals surface area (Å²) in [5, 5.41) is 18.9. The van der Waals surface area contributed by atoms with Gasteiger partial charge in [0.05, 0.1) is 0 Å². The minimum absolute atomic E-state index is 0.364. The van der Waals surface area contributed by atoms with Crippen LogP contribution in [0.15, 0.2) is 42.5 Å². The van der Waals surface area contributed by atoms with E-state index in [0.29, 0.717) is 17.1 Å². The lowest BCUT2D eigenvalue weighted by molar-refractivity contribution is 0.304. The molecule has 0 atom stereocenters. The van der Waals surface area contributed by atoms with Crippen LogP contribution >= 0.6 is 11.6 Å². The van der Waals surface area contributed by atoms with E-state index in [0.717, 1.165) is 16.9 Å². The van der Waals surface area contributed by atoms with E-state index in [2.05, 4.69) is 0 Å². The maximum Gasteiger partial charge on any atom is 0.488 e. The van der Waals surface area contributed by atoms with Crippen molar-refractivity contribution in [3.63, 3.8) is 0 Å². The first kappa shape index (κ1) is 13.9. The molecule has 0 spiro atoms. The molecule has 0 aromatic heterocycles. The van der Waals surface area contributed by atoms with Crippen LogP contribution < -0.4 is 10.2 Å². The molecule has 0 saturated heterocycles. The summed E-state index contributed by atoms with van der Waals surface area (Å²) in [5.74, 6) is 0.763. The van der Waals surface area contributed by atoms with Crippen molar-refractivity contribution in [1.29, 1.82) is 0 Å². The van der Waals surface area contributed by atoms with Gasteiger partial charge in [-0.3, -0.25) is 0 Å². The average molecular weight is 277 g/mol. The van der Waals surface area contributed by atoms with Crippen molar-refractivity contribution in [3.05, 3.63) is 58.6 Å². The van der Waals surface area contributed by atoms with Crippen molar-refractivity contribution < 1.29 is 14.8 Å². The van der Waals surface area contributed by atoms with Gasteiger partial charge in [-0.15, -0.1) is 0 Å². The van der Waals surface area contributed by atoms with Crippen molar-refractivity contribution in [2.45, 2.75) is 13.5 Å². The Morgan fingerprint density at radius 3 is 2.63 bits per heavy atom. The molecule has 2 rings (SSSR count). The highest BCUT2D eigenvalue weighted by molar-refractivity contribution is 6.58. The van der Waals surface area contributed by atoms with Crippen LogP contribution in [0, 0.1) is 6.92 Å². The Morgan fingerprint density at radius 1 is 1.16 bits per heavy atom. The maximum atomic E-state index is 9.11. The molecule has 19 heavy (non-hydrogen) atoms. The number of hydrogen-bond donors (Lipinski definition) is 2. The summed E-state index contributed by atoms with van der Waals surface area (Å²) in [6.45, 7) is 2.29. The fourth-order valence-electron chi connectivity index (χ4n) is 1.78. The lowest BCUT2D eigenvalue weighted by atomic mass is 9.80. The number of rotatable bonds is 4. The highest BCUT2D eigenvalue weighted by Crippen LogP contribution is 2.22. The zero-order valence-electron chi connectivity index (χ0n) is 10.5. The topological polar surface area (TPSA) is 49.7 Å². The molecule has 0 bridgehead atoms. The van der Waals surface area contributed by atoms with Gasteiger partial charge in [-0.2, -0.15) is 0 Å². The van der Waals surface area contributed by atoms with Gasteiger partial charge >= 0.3 is 7.12 Å². The maximum absolute atomic E-state index is 9.11. The van der Waals surface area contributed by atoms with Crippen LogP contribution in [0.3, 0.4) is 0 Å². The monoisotopic (exact) mass is 276 g/mol. The molecule has 0 fully saturated rings. The van der Waals surface area contributed by atoms with Gasteiger partial charge in [0, 0.05) is 5.02 Å². The van der Waals surface area contributed by atoms with Crippen LogP contribution in [-0.4, -0.2) is 17.2 Å². The highest BCUT2D eigenvalue weighted by Gasteiger charge is 2.10. The van der Waals surface area contributed by atoms with Gasteiger partial charge < -0.3 is 14.8 Å². The smallest absolute Gasteiger partial charge is 0.488 e.